The van der Waals surface area contributed by atoms with Gasteiger partial charge in [0.25, 0.3) is 5.91 Å². The molecule has 1 amide bonds. The molecular weight excluding hydrogens is 406 g/mol. The number of hydrogen-bond donors (Lipinski definition) is 1. The molecule has 0 saturated carbocycles. The van der Waals surface area contributed by atoms with Crippen LogP contribution in [0.15, 0.2) is 72.8 Å². The number of amides is 1. The second-order valence-electron chi connectivity index (χ2n) is 6.77. The van der Waals surface area contributed by atoms with E-state index in [1.165, 1.54) is 16.7 Å². The molecular formula is C23H18ClNO3S. The van der Waals surface area contributed by atoms with Gasteiger partial charge in [-0.1, -0.05) is 66.2 Å². The number of carboxylic acids is 1. The van der Waals surface area contributed by atoms with Crippen LogP contribution in [-0.2, 0) is 4.79 Å². The van der Waals surface area contributed by atoms with Crippen molar-refractivity contribution in [1.82, 2.24) is 4.90 Å². The van der Waals surface area contributed by atoms with E-state index in [-0.39, 0.29) is 5.91 Å². The molecule has 29 heavy (non-hydrogen) atoms. The first-order chi connectivity index (χ1) is 14.0. The minimum Gasteiger partial charge on any atom is -0.480 e. The molecule has 0 aliphatic carbocycles. The Balaban J connectivity index is 1.64. The standard InChI is InChI=1S/C23H18ClNO3S/c24-20-11-10-18(22(26)25-14-29-13-21(25)23(27)28)12-19(20)17-8-6-16(7-9-17)15-4-2-1-3-5-15/h1-12,21H,13-14H2,(H,27,28). The number of halogens is 1. The summed E-state index contributed by atoms with van der Waals surface area (Å²) in [4.78, 5) is 25.7. The minimum atomic E-state index is -0.978. The molecule has 6 heteroatoms. The van der Waals surface area contributed by atoms with Gasteiger partial charge in [-0.3, -0.25) is 4.79 Å². The fourth-order valence-corrected chi connectivity index (χ4v) is 4.74. The normalized spacial score (nSPS) is 16.0. The second-order valence-corrected chi connectivity index (χ2v) is 8.17. The highest BCUT2D eigenvalue weighted by atomic mass is 35.5. The Hall–Kier alpha value is -2.76. The fourth-order valence-electron chi connectivity index (χ4n) is 3.37. The highest BCUT2D eigenvalue weighted by Crippen LogP contribution is 2.32. The lowest BCUT2D eigenvalue weighted by atomic mass is 9.98. The van der Waals surface area contributed by atoms with Crippen LogP contribution in [0.2, 0.25) is 5.02 Å². The zero-order valence-corrected chi connectivity index (χ0v) is 17.0. The van der Waals surface area contributed by atoms with Gasteiger partial charge in [0.05, 0.1) is 5.88 Å². The molecule has 1 saturated heterocycles. The summed E-state index contributed by atoms with van der Waals surface area (Å²) in [5, 5.41) is 9.89. The van der Waals surface area contributed by atoms with Crippen LogP contribution in [-0.4, -0.2) is 39.6 Å². The van der Waals surface area contributed by atoms with Crippen LogP contribution in [0.5, 0.6) is 0 Å². The SMILES string of the molecule is O=C(O)C1CSCN1C(=O)c1ccc(Cl)c(-c2ccc(-c3ccccc3)cc2)c1. The second kappa shape index (κ2) is 8.31. The number of rotatable bonds is 4. The maximum Gasteiger partial charge on any atom is 0.327 e. The number of benzene rings is 3. The Kier molecular flexibility index (Phi) is 5.60. The molecule has 146 valence electrons. The summed E-state index contributed by atoms with van der Waals surface area (Å²) in [6.07, 6.45) is 0. The molecule has 4 nitrogen and oxygen atoms in total. The average Bonchev–Trinajstić information content (AvgIpc) is 3.25. The first-order valence-corrected chi connectivity index (χ1v) is 10.6. The van der Waals surface area contributed by atoms with Crippen LogP contribution in [0.1, 0.15) is 10.4 Å². The summed E-state index contributed by atoms with van der Waals surface area (Å²) < 4.78 is 0. The number of hydrogen-bond acceptors (Lipinski definition) is 3. The van der Waals surface area contributed by atoms with Crippen molar-refractivity contribution in [2.75, 3.05) is 11.6 Å². The number of carbonyl (C=O) groups is 2. The number of carboxylic acid groups (broad SMARTS) is 1. The van der Waals surface area contributed by atoms with Gasteiger partial charge in [-0.05, 0) is 34.9 Å². The third kappa shape index (κ3) is 4.02. The van der Waals surface area contributed by atoms with Crippen LogP contribution in [0.25, 0.3) is 22.3 Å². The van der Waals surface area contributed by atoms with Gasteiger partial charge in [-0.15, -0.1) is 11.8 Å². The molecule has 1 aliphatic rings. The zero-order valence-electron chi connectivity index (χ0n) is 15.4. The van der Waals surface area contributed by atoms with E-state index in [0.29, 0.717) is 22.2 Å². The van der Waals surface area contributed by atoms with Gasteiger partial charge in [-0.25, -0.2) is 4.79 Å². The third-order valence-corrected chi connectivity index (χ3v) is 6.29. The number of aliphatic carboxylic acids is 1. The molecule has 1 unspecified atom stereocenters. The van der Waals surface area contributed by atoms with E-state index in [4.69, 9.17) is 11.6 Å². The van der Waals surface area contributed by atoms with Gasteiger partial charge in [0, 0.05) is 21.9 Å². The molecule has 0 spiro atoms. The van der Waals surface area contributed by atoms with E-state index in [2.05, 4.69) is 0 Å². The Morgan fingerprint density at radius 2 is 1.59 bits per heavy atom. The smallest absolute Gasteiger partial charge is 0.327 e. The lowest BCUT2D eigenvalue weighted by Gasteiger charge is -2.21. The molecule has 1 aliphatic heterocycles. The predicted molar refractivity (Wildman–Crippen MR) is 117 cm³/mol. The third-order valence-electron chi connectivity index (χ3n) is 4.94. The fraction of sp³-hybridized carbons (Fsp3) is 0.130. The van der Waals surface area contributed by atoms with Crippen LogP contribution in [0, 0.1) is 0 Å². The lowest BCUT2D eigenvalue weighted by Crippen LogP contribution is -2.41. The van der Waals surface area contributed by atoms with Crippen molar-refractivity contribution >= 4 is 35.2 Å². The van der Waals surface area contributed by atoms with E-state index in [9.17, 15) is 14.7 Å². The maximum absolute atomic E-state index is 12.9. The van der Waals surface area contributed by atoms with Crippen molar-refractivity contribution in [2.24, 2.45) is 0 Å². The van der Waals surface area contributed by atoms with E-state index in [0.717, 1.165) is 22.3 Å². The number of carbonyl (C=O) groups excluding carboxylic acids is 1. The van der Waals surface area contributed by atoms with Gasteiger partial charge in [-0.2, -0.15) is 0 Å². The van der Waals surface area contributed by atoms with Gasteiger partial charge in [0.1, 0.15) is 6.04 Å². The van der Waals surface area contributed by atoms with Gasteiger partial charge in [0.2, 0.25) is 0 Å². The number of thioether (sulfide) groups is 1. The summed E-state index contributed by atoms with van der Waals surface area (Å²) in [6.45, 7) is 0. The summed E-state index contributed by atoms with van der Waals surface area (Å²) >= 11 is 7.85. The molecule has 3 aromatic rings. The highest BCUT2D eigenvalue weighted by molar-refractivity contribution is 7.99. The van der Waals surface area contributed by atoms with Crippen LogP contribution < -0.4 is 0 Å². The van der Waals surface area contributed by atoms with Crippen molar-refractivity contribution in [3.8, 4) is 22.3 Å². The average molecular weight is 424 g/mol. The first kappa shape index (κ1) is 19.6. The molecule has 0 radical (unpaired) electrons. The molecule has 1 atom stereocenters. The molecule has 1 fully saturated rings. The van der Waals surface area contributed by atoms with Crippen molar-refractivity contribution in [2.45, 2.75) is 6.04 Å². The Morgan fingerprint density at radius 1 is 0.931 bits per heavy atom. The monoisotopic (exact) mass is 423 g/mol. The number of nitrogens with zero attached hydrogens (tertiary/aromatic N) is 1. The summed E-state index contributed by atoms with van der Waals surface area (Å²) in [6, 6.07) is 22.3. The quantitative estimate of drug-likeness (QED) is 0.620. The van der Waals surface area contributed by atoms with Crippen LogP contribution >= 0.6 is 23.4 Å². The van der Waals surface area contributed by atoms with Crippen molar-refractivity contribution < 1.29 is 14.7 Å². The molecule has 1 heterocycles. The van der Waals surface area contributed by atoms with Crippen molar-refractivity contribution in [1.29, 1.82) is 0 Å². The summed E-state index contributed by atoms with van der Waals surface area (Å²) in [5.41, 5.74) is 4.30. The van der Waals surface area contributed by atoms with Gasteiger partial charge >= 0.3 is 5.97 Å². The minimum absolute atomic E-state index is 0.291. The summed E-state index contributed by atoms with van der Waals surface area (Å²) in [7, 11) is 0. The van der Waals surface area contributed by atoms with E-state index in [1.807, 2.05) is 54.6 Å². The van der Waals surface area contributed by atoms with Crippen molar-refractivity contribution in [3.05, 3.63) is 83.4 Å². The van der Waals surface area contributed by atoms with Crippen LogP contribution in [0.3, 0.4) is 0 Å². The Labute approximate surface area is 178 Å². The van der Waals surface area contributed by atoms with E-state index >= 15 is 0 Å². The van der Waals surface area contributed by atoms with E-state index < -0.39 is 12.0 Å². The van der Waals surface area contributed by atoms with E-state index in [1.54, 1.807) is 18.2 Å². The predicted octanol–water partition coefficient (Wildman–Crippen LogP) is 5.27. The van der Waals surface area contributed by atoms with Gasteiger partial charge < -0.3 is 10.0 Å². The molecule has 0 bridgehead atoms. The molecule has 0 aromatic heterocycles. The molecule has 3 aromatic carbocycles. The highest BCUT2D eigenvalue weighted by Gasteiger charge is 2.35. The summed E-state index contributed by atoms with van der Waals surface area (Å²) in [5.74, 6) is -0.489. The molecule has 4 rings (SSSR count). The van der Waals surface area contributed by atoms with Gasteiger partial charge in [0.15, 0.2) is 0 Å². The maximum atomic E-state index is 12.9. The Morgan fingerprint density at radius 3 is 2.28 bits per heavy atom. The molecule has 1 N–H and O–H groups in total. The topological polar surface area (TPSA) is 57.6 Å². The zero-order chi connectivity index (χ0) is 20.4. The lowest BCUT2D eigenvalue weighted by molar-refractivity contribution is -0.140. The largest absolute Gasteiger partial charge is 0.480 e. The first-order valence-electron chi connectivity index (χ1n) is 9.11. The Bertz CT molecular complexity index is 1050. The van der Waals surface area contributed by atoms with Crippen molar-refractivity contribution in [3.63, 3.8) is 0 Å². The van der Waals surface area contributed by atoms with Crippen LogP contribution in [0.4, 0.5) is 0 Å².